The predicted molar refractivity (Wildman–Crippen MR) is 174 cm³/mol. The van der Waals surface area contributed by atoms with Crippen LogP contribution in [0.5, 0.6) is 0 Å². The van der Waals surface area contributed by atoms with Gasteiger partial charge < -0.3 is 10.2 Å². The number of sulfonamides is 1. The molecule has 0 radical (unpaired) electrons. The summed E-state index contributed by atoms with van der Waals surface area (Å²) in [5.41, 5.74) is 1.80. The van der Waals surface area contributed by atoms with Crippen molar-refractivity contribution in [3.8, 4) is 0 Å². The van der Waals surface area contributed by atoms with E-state index in [1.54, 1.807) is 66.7 Å². The average molecular weight is 683 g/mol. The molecule has 43 heavy (non-hydrogen) atoms. The molecule has 0 aromatic heterocycles. The number of hydrogen-bond donors (Lipinski definition) is 1. The monoisotopic (exact) mass is 681 g/mol. The lowest BCUT2D eigenvalue weighted by Crippen LogP contribution is -2.53. The highest BCUT2D eigenvalue weighted by Crippen LogP contribution is 2.28. The van der Waals surface area contributed by atoms with Crippen LogP contribution in [0.1, 0.15) is 24.5 Å². The van der Waals surface area contributed by atoms with Crippen molar-refractivity contribution < 1.29 is 18.0 Å². The summed E-state index contributed by atoms with van der Waals surface area (Å²) in [4.78, 5) is 29.5. The van der Waals surface area contributed by atoms with Gasteiger partial charge in [0.05, 0.1) is 10.6 Å². The number of benzene rings is 4. The molecule has 0 bridgehead atoms. The van der Waals surface area contributed by atoms with Crippen molar-refractivity contribution in [3.63, 3.8) is 0 Å². The molecule has 0 fully saturated rings. The maximum absolute atomic E-state index is 14.4. The van der Waals surface area contributed by atoms with Gasteiger partial charge in [0, 0.05) is 29.0 Å². The Bertz CT molecular complexity index is 1640. The molecule has 1 unspecified atom stereocenters. The lowest BCUT2D eigenvalue weighted by molar-refractivity contribution is -0.140. The van der Waals surface area contributed by atoms with Crippen LogP contribution in [0.4, 0.5) is 5.69 Å². The smallest absolute Gasteiger partial charge is 0.264 e. The number of hydrogen-bond acceptors (Lipinski definition) is 4. The molecule has 0 saturated heterocycles. The van der Waals surface area contributed by atoms with Gasteiger partial charge in [0.15, 0.2) is 0 Å². The number of rotatable bonds is 13. The molecule has 4 aromatic rings. The molecular formula is C33H33BrClN3O4S. The molecule has 10 heteroatoms. The molecule has 0 aliphatic rings. The molecule has 0 spiro atoms. The molecule has 0 saturated carbocycles. The highest BCUT2D eigenvalue weighted by molar-refractivity contribution is 9.10. The van der Waals surface area contributed by atoms with Crippen molar-refractivity contribution in [2.24, 2.45) is 0 Å². The minimum Gasteiger partial charge on any atom is -0.354 e. The average Bonchev–Trinajstić information content (AvgIpc) is 3.02. The van der Waals surface area contributed by atoms with Gasteiger partial charge >= 0.3 is 0 Å². The Kier molecular flexibility index (Phi) is 11.4. The Morgan fingerprint density at radius 3 is 2.19 bits per heavy atom. The van der Waals surface area contributed by atoms with Gasteiger partial charge in [-0.3, -0.25) is 13.9 Å². The zero-order chi connectivity index (χ0) is 30.8. The van der Waals surface area contributed by atoms with Gasteiger partial charge in [-0.25, -0.2) is 8.42 Å². The number of nitrogens with one attached hydrogen (secondary N) is 1. The molecule has 0 aliphatic carbocycles. The third kappa shape index (κ3) is 8.46. The zero-order valence-corrected chi connectivity index (χ0v) is 26.9. The van der Waals surface area contributed by atoms with Crippen molar-refractivity contribution in [1.29, 1.82) is 0 Å². The summed E-state index contributed by atoms with van der Waals surface area (Å²) in [7, 11) is -4.16. The van der Waals surface area contributed by atoms with Gasteiger partial charge in [0.2, 0.25) is 11.8 Å². The zero-order valence-electron chi connectivity index (χ0n) is 23.7. The van der Waals surface area contributed by atoms with E-state index < -0.39 is 28.5 Å². The summed E-state index contributed by atoms with van der Waals surface area (Å²) in [5, 5.41) is 3.37. The van der Waals surface area contributed by atoms with Gasteiger partial charge in [-0.15, -0.1) is 0 Å². The minimum atomic E-state index is -4.16. The first-order valence-electron chi connectivity index (χ1n) is 13.9. The van der Waals surface area contributed by atoms with Crippen LogP contribution in [0.15, 0.2) is 119 Å². The number of nitrogens with zero attached hydrogens (tertiary/aromatic N) is 2. The summed E-state index contributed by atoms with van der Waals surface area (Å²) in [6.07, 6.45) is 0.948. The molecule has 0 aliphatic heterocycles. The van der Waals surface area contributed by atoms with Crippen LogP contribution in [-0.2, 0) is 32.6 Å². The summed E-state index contributed by atoms with van der Waals surface area (Å²) in [5.74, 6) is -0.877. The fraction of sp³-hybridized carbons (Fsp3) is 0.212. The summed E-state index contributed by atoms with van der Waals surface area (Å²) in [6.45, 7) is 1.85. The van der Waals surface area contributed by atoms with E-state index in [0.717, 1.165) is 9.87 Å². The van der Waals surface area contributed by atoms with Gasteiger partial charge in [-0.05, 0) is 53.9 Å². The van der Waals surface area contributed by atoms with Crippen molar-refractivity contribution in [1.82, 2.24) is 10.2 Å². The Morgan fingerprint density at radius 2 is 1.53 bits per heavy atom. The maximum atomic E-state index is 14.4. The molecular weight excluding hydrogens is 650 g/mol. The second-order valence-electron chi connectivity index (χ2n) is 9.91. The summed E-state index contributed by atoms with van der Waals surface area (Å²) >= 11 is 9.94. The number of amides is 2. The first-order valence-corrected chi connectivity index (χ1v) is 16.5. The van der Waals surface area contributed by atoms with E-state index in [4.69, 9.17) is 11.6 Å². The van der Waals surface area contributed by atoms with E-state index >= 15 is 0 Å². The summed E-state index contributed by atoms with van der Waals surface area (Å²) < 4.78 is 29.7. The first kappa shape index (κ1) is 32.3. The Labute approximate surface area is 266 Å². The van der Waals surface area contributed by atoms with E-state index in [-0.39, 0.29) is 23.8 Å². The lowest BCUT2D eigenvalue weighted by Gasteiger charge is -2.34. The van der Waals surface area contributed by atoms with Crippen LogP contribution in [0.3, 0.4) is 0 Å². The van der Waals surface area contributed by atoms with Crippen LogP contribution in [-0.4, -0.2) is 44.3 Å². The third-order valence-corrected chi connectivity index (χ3v) is 9.48. The van der Waals surface area contributed by atoms with Crippen molar-refractivity contribution in [2.75, 3.05) is 17.4 Å². The second kappa shape index (κ2) is 15.2. The Hall–Kier alpha value is -3.66. The number of halogens is 2. The van der Waals surface area contributed by atoms with E-state index in [0.29, 0.717) is 33.7 Å². The normalized spacial score (nSPS) is 11.9. The van der Waals surface area contributed by atoms with Crippen LogP contribution >= 0.6 is 27.5 Å². The van der Waals surface area contributed by atoms with Crippen LogP contribution in [0, 0.1) is 0 Å². The number of carbonyl (C=O) groups excluding carboxylic acids is 2. The fourth-order valence-corrected chi connectivity index (χ4v) is 6.62. The molecule has 4 aromatic carbocycles. The second-order valence-corrected chi connectivity index (χ2v) is 13.1. The third-order valence-electron chi connectivity index (χ3n) is 6.83. The van der Waals surface area contributed by atoms with E-state index in [2.05, 4.69) is 21.2 Å². The summed E-state index contributed by atoms with van der Waals surface area (Å²) in [6, 6.07) is 30.3. The van der Waals surface area contributed by atoms with Gasteiger partial charge in [-0.2, -0.15) is 0 Å². The molecule has 4 rings (SSSR count). The Balaban J connectivity index is 1.80. The lowest BCUT2D eigenvalue weighted by atomic mass is 10.0. The molecule has 7 nitrogen and oxygen atoms in total. The molecule has 1 N–H and O–H groups in total. The highest BCUT2D eigenvalue weighted by Gasteiger charge is 2.34. The highest BCUT2D eigenvalue weighted by atomic mass is 79.9. The van der Waals surface area contributed by atoms with Gasteiger partial charge in [0.25, 0.3) is 10.0 Å². The van der Waals surface area contributed by atoms with Gasteiger partial charge in [-0.1, -0.05) is 107 Å². The van der Waals surface area contributed by atoms with Crippen molar-refractivity contribution in [3.05, 3.63) is 130 Å². The molecule has 1 atom stereocenters. The number of carbonyl (C=O) groups is 2. The SMILES string of the molecule is CCCNC(=O)C(Cc1ccccc1)N(Cc1ccccc1Cl)C(=O)CN(c1cccc(Br)c1)S(=O)(=O)c1ccccc1. The van der Waals surface area contributed by atoms with Crippen LogP contribution in [0.2, 0.25) is 5.02 Å². The Morgan fingerprint density at radius 1 is 0.884 bits per heavy atom. The molecule has 224 valence electrons. The number of anilines is 1. The predicted octanol–water partition coefficient (Wildman–Crippen LogP) is 6.46. The molecule has 2 amide bonds. The van der Waals surface area contributed by atoms with Crippen LogP contribution < -0.4 is 9.62 Å². The van der Waals surface area contributed by atoms with Crippen molar-refractivity contribution in [2.45, 2.75) is 37.2 Å². The fourth-order valence-electron chi connectivity index (χ4n) is 4.61. The van der Waals surface area contributed by atoms with E-state index in [9.17, 15) is 18.0 Å². The largest absolute Gasteiger partial charge is 0.354 e. The van der Waals surface area contributed by atoms with Gasteiger partial charge in [0.1, 0.15) is 12.6 Å². The molecule has 0 heterocycles. The van der Waals surface area contributed by atoms with E-state index in [1.165, 1.54) is 17.0 Å². The maximum Gasteiger partial charge on any atom is 0.264 e. The standard InChI is InChI=1S/C33H33BrClN3O4S/c1-2-20-36-33(40)31(21-25-12-5-3-6-13-25)37(23-26-14-9-10-19-30(26)35)32(39)24-38(28-16-11-15-27(34)22-28)43(41,42)29-17-7-4-8-18-29/h3-19,22,31H,2,20-21,23-24H2,1H3,(H,36,40). The van der Waals surface area contributed by atoms with E-state index in [1.807, 2.05) is 37.3 Å². The quantitative estimate of drug-likeness (QED) is 0.175. The topological polar surface area (TPSA) is 86.8 Å². The minimum absolute atomic E-state index is 0.00720. The van der Waals surface area contributed by atoms with Crippen molar-refractivity contribution >= 4 is 55.1 Å². The first-order chi connectivity index (χ1) is 20.7. The van der Waals surface area contributed by atoms with Crippen LogP contribution in [0.25, 0.3) is 0 Å².